The molecule has 0 unspecified atom stereocenters. The second-order valence-corrected chi connectivity index (χ2v) is 7.58. The van der Waals surface area contributed by atoms with E-state index in [1.54, 1.807) is 19.1 Å². The maximum absolute atomic E-state index is 12.7. The molecular weight excluding hydrogens is 372 g/mol. The molecule has 0 radical (unpaired) electrons. The Morgan fingerprint density at radius 2 is 1.92 bits per heavy atom. The number of thiocarbonyl (C=S) groups is 1. The van der Waals surface area contributed by atoms with Gasteiger partial charge in [-0.05, 0) is 23.8 Å². The van der Waals surface area contributed by atoms with Gasteiger partial charge < -0.3 is 14.2 Å². The molecule has 1 aromatic rings. The Morgan fingerprint density at radius 3 is 2.62 bits per heavy atom. The summed E-state index contributed by atoms with van der Waals surface area (Å²) in [5.41, 5.74) is 0.872. The first-order chi connectivity index (χ1) is 12.6. The monoisotopic (exact) mass is 394 g/mol. The Morgan fingerprint density at radius 1 is 1.19 bits per heavy atom. The van der Waals surface area contributed by atoms with Crippen LogP contribution in [0.4, 0.5) is 0 Å². The Kier molecular flexibility index (Phi) is 6.53. The molecule has 140 valence electrons. The van der Waals surface area contributed by atoms with Crippen LogP contribution in [0.1, 0.15) is 5.56 Å². The van der Waals surface area contributed by atoms with Crippen LogP contribution < -0.4 is 9.47 Å². The van der Waals surface area contributed by atoms with Crippen molar-refractivity contribution in [1.29, 1.82) is 0 Å². The number of amides is 1. The van der Waals surface area contributed by atoms with E-state index in [4.69, 9.17) is 26.4 Å². The minimum atomic E-state index is -0.0388. The number of hydrogen-bond donors (Lipinski definition) is 0. The molecule has 0 saturated carbocycles. The summed E-state index contributed by atoms with van der Waals surface area (Å²) >= 11 is 6.75. The summed E-state index contributed by atoms with van der Waals surface area (Å²) in [4.78, 5) is 17.3. The second kappa shape index (κ2) is 8.85. The number of morpholine rings is 1. The van der Waals surface area contributed by atoms with E-state index in [1.165, 1.54) is 11.8 Å². The van der Waals surface area contributed by atoms with Gasteiger partial charge in [-0.15, -0.1) is 0 Å². The molecule has 0 aromatic heterocycles. The van der Waals surface area contributed by atoms with Crippen LogP contribution in [0.2, 0.25) is 0 Å². The fourth-order valence-corrected chi connectivity index (χ4v) is 4.16. The Bertz CT molecular complexity index is 717. The van der Waals surface area contributed by atoms with Crippen molar-refractivity contribution in [2.75, 3.05) is 53.6 Å². The highest BCUT2D eigenvalue weighted by Gasteiger charge is 2.32. The van der Waals surface area contributed by atoms with Crippen LogP contribution in [0, 0.1) is 0 Å². The van der Waals surface area contributed by atoms with Gasteiger partial charge in [0, 0.05) is 26.2 Å². The van der Waals surface area contributed by atoms with Crippen molar-refractivity contribution in [2.45, 2.75) is 0 Å². The molecule has 2 heterocycles. The largest absolute Gasteiger partial charge is 0.493 e. The lowest BCUT2D eigenvalue weighted by molar-refractivity contribution is -0.122. The highest BCUT2D eigenvalue weighted by atomic mass is 32.2. The van der Waals surface area contributed by atoms with Gasteiger partial charge in [0.05, 0.1) is 32.3 Å². The first-order valence-electron chi connectivity index (χ1n) is 8.40. The number of hydrogen-bond acceptors (Lipinski definition) is 7. The lowest BCUT2D eigenvalue weighted by atomic mass is 10.2. The van der Waals surface area contributed by atoms with Crippen molar-refractivity contribution in [3.05, 3.63) is 28.7 Å². The van der Waals surface area contributed by atoms with Gasteiger partial charge in [-0.2, -0.15) is 0 Å². The van der Waals surface area contributed by atoms with Crippen molar-refractivity contribution in [1.82, 2.24) is 9.80 Å². The first kappa shape index (κ1) is 19.2. The lowest BCUT2D eigenvalue weighted by Gasteiger charge is -2.28. The van der Waals surface area contributed by atoms with Crippen LogP contribution in [0.25, 0.3) is 6.08 Å². The Hall–Kier alpha value is -1.61. The van der Waals surface area contributed by atoms with Gasteiger partial charge in [0.15, 0.2) is 11.5 Å². The number of carbonyl (C=O) groups excluding carboxylic acids is 1. The molecule has 26 heavy (non-hydrogen) atoms. The lowest BCUT2D eigenvalue weighted by Crippen LogP contribution is -2.42. The highest BCUT2D eigenvalue weighted by Crippen LogP contribution is 2.34. The van der Waals surface area contributed by atoms with Crippen LogP contribution in [-0.4, -0.2) is 73.6 Å². The number of benzene rings is 1. The van der Waals surface area contributed by atoms with E-state index in [-0.39, 0.29) is 5.91 Å². The van der Waals surface area contributed by atoms with E-state index in [0.29, 0.717) is 27.3 Å². The number of ether oxygens (including phenoxy) is 3. The van der Waals surface area contributed by atoms with Gasteiger partial charge in [-0.1, -0.05) is 30.0 Å². The smallest absolute Gasteiger partial charge is 0.266 e. The van der Waals surface area contributed by atoms with E-state index in [0.717, 1.165) is 38.4 Å². The molecule has 8 heteroatoms. The summed E-state index contributed by atoms with van der Waals surface area (Å²) in [5, 5.41) is 0. The normalized spacial score (nSPS) is 20.1. The van der Waals surface area contributed by atoms with E-state index < -0.39 is 0 Å². The Labute approximate surface area is 163 Å². The van der Waals surface area contributed by atoms with E-state index in [2.05, 4.69) is 4.90 Å². The number of thioether (sulfide) groups is 1. The number of rotatable bonds is 6. The predicted molar refractivity (Wildman–Crippen MR) is 107 cm³/mol. The maximum atomic E-state index is 12.7. The minimum absolute atomic E-state index is 0.0388. The summed E-state index contributed by atoms with van der Waals surface area (Å²) < 4.78 is 16.5. The fraction of sp³-hybridized carbons (Fsp3) is 0.444. The predicted octanol–water partition coefficient (Wildman–Crippen LogP) is 2.24. The summed E-state index contributed by atoms with van der Waals surface area (Å²) in [7, 11) is 3.18. The van der Waals surface area contributed by atoms with Gasteiger partial charge in [0.25, 0.3) is 5.91 Å². The van der Waals surface area contributed by atoms with E-state index in [9.17, 15) is 4.79 Å². The van der Waals surface area contributed by atoms with Crippen molar-refractivity contribution in [3.8, 4) is 11.5 Å². The van der Waals surface area contributed by atoms with Gasteiger partial charge in [-0.25, -0.2) is 0 Å². The summed E-state index contributed by atoms with van der Waals surface area (Å²) in [6.45, 7) is 4.70. The molecule has 0 spiro atoms. The molecule has 2 fully saturated rings. The molecule has 0 aliphatic carbocycles. The van der Waals surface area contributed by atoms with Crippen molar-refractivity contribution in [3.63, 3.8) is 0 Å². The molecule has 2 aliphatic heterocycles. The summed E-state index contributed by atoms with van der Waals surface area (Å²) in [5.74, 6) is 1.25. The third-order valence-electron chi connectivity index (χ3n) is 4.32. The molecule has 2 aliphatic rings. The number of methoxy groups -OCH3 is 2. The topological polar surface area (TPSA) is 51.2 Å². The molecular formula is C18H22N2O4S2. The molecule has 0 atom stereocenters. The zero-order valence-corrected chi connectivity index (χ0v) is 16.5. The van der Waals surface area contributed by atoms with Gasteiger partial charge in [0.2, 0.25) is 0 Å². The summed E-state index contributed by atoms with van der Waals surface area (Å²) in [6, 6.07) is 5.56. The molecule has 1 aromatic carbocycles. The molecule has 6 nitrogen and oxygen atoms in total. The van der Waals surface area contributed by atoms with Crippen molar-refractivity contribution in [2.24, 2.45) is 0 Å². The summed E-state index contributed by atoms with van der Waals surface area (Å²) in [6.07, 6.45) is 1.84. The van der Waals surface area contributed by atoms with Crippen LogP contribution in [0.15, 0.2) is 23.1 Å². The minimum Gasteiger partial charge on any atom is -0.493 e. The van der Waals surface area contributed by atoms with Crippen LogP contribution >= 0.6 is 24.0 Å². The molecule has 0 bridgehead atoms. The zero-order chi connectivity index (χ0) is 18.5. The number of nitrogens with zero attached hydrogens (tertiary/aromatic N) is 2. The van der Waals surface area contributed by atoms with Gasteiger partial charge in [0.1, 0.15) is 4.32 Å². The van der Waals surface area contributed by atoms with E-state index >= 15 is 0 Å². The first-order valence-corrected chi connectivity index (χ1v) is 9.62. The van der Waals surface area contributed by atoms with Crippen LogP contribution in [0.3, 0.4) is 0 Å². The highest BCUT2D eigenvalue weighted by molar-refractivity contribution is 8.26. The molecule has 3 rings (SSSR count). The van der Waals surface area contributed by atoms with Crippen molar-refractivity contribution < 1.29 is 19.0 Å². The average Bonchev–Trinajstić information content (AvgIpc) is 2.93. The Balaban J connectivity index is 1.68. The quantitative estimate of drug-likeness (QED) is 0.542. The molecule has 1 amide bonds. The maximum Gasteiger partial charge on any atom is 0.266 e. The fourth-order valence-electron chi connectivity index (χ4n) is 2.85. The van der Waals surface area contributed by atoms with E-state index in [1.807, 2.05) is 24.3 Å². The van der Waals surface area contributed by atoms with Crippen LogP contribution in [0.5, 0.6) is 11.5 Å². The molecule has 0 N–H and O–H groups in total. The zero-order valence-electron chi connectivity index (χ0n) is 14.9. The molecule has 2 saturated heterocycles. The van der Waals surface area contributed by atoms with Crippen LogP contribution in [-0.2, 0) is 9.53 Å². The SMILES string of the molecule is COc1ccc(C=C2SC(=S)N(CCN3CCOCC3)C2=O)cc1OC. The average molecular weight is 395 g/mol. The van der Waals surface area contributed by atoms with Gasteiger partial charge in [-0.3, -0.25) is 14.6 Å². The van der Waals surface area contributed by atoms with Crippen molar-refractivity contribution >= 4 is 40.3 Å². The third kappa shape index (κ3) is 4.37. The number of carbonyl (C=O) groups is 1. The second-order valence-electron chi connectivity index (χ2n) is 5.90. The third-order valence-corrected chi connectivity index (χ3v) is 5.70. The van der Waals surface area contributed by atoms with Gasteiger partial charge >= 0.3 is 0 Å². The standard InChI is InChI=1S/C18H22N2O4S2/c1-22-14-4-3-13(11-15(14)23-2)12-16-17(21)20(18(25)26-16)6-5-19-7-9-24-10-8-19/h3-4,11-12H,5-10H2,1-2H3.